The molecule has 0 radical (unpaired) electrons. The Morgan fingerprint density at radius 3 is 2.35 bits per heavy atom. The molecule has 4 heteroatoms. The highest BCUT2D eigenvalue weighted by Crippen LogP contribution is 2.44. The number of anilines is 1. The van der Waals surface area contributed by atoms with Crippen molar-refractivity contribution in [3.8, 4) is 0 Å². The molecule has 1 saturated carbocycles. The van der Waals surface area contributed by atoms with Crippen LogP contribution in [-0.2, 0) is 10.2 Å². The summed E-state index contributed by atoms with van der Waals surface area (Å²) in [4.78, 5) is 24.0. The Hall–Kier alpha value is -2.62. The summed E-state index contributed by atoms with van der Waals surface area (Å²) in [5.74, 6) is -1.05. The Morgan fingerprint density at radius 1 is 1.09 bits per heavy atom. The number of hydrogen-bond donors (Lipinski definition) is 2. The molecular formula is C19H19NO3. The lowest BCUT2D eigenvalue weighted by molar-refractivity contribution is -0.124. The Bertz CT molecular complexity index is 748. The minimum atomic E-state index is -0.998. The Morgan fingerprint density at radius 2 is 1.78 bits per heavy atom. The number of carbonyl (C=O) groups excluding carboxylic acids is 1. The fraction of sp³-hybridized carbons (Fsp3) is 0.263. The third-order valence-electron chi connectivity index (χ3n) is 4.70. The minimum absolute atomic E-state index is 0.0550. The molecule has 0 aromatic heterocycles. The van der Waals surface area contributed by atoms with Crippen LogP contribution in [0.1, 0.15) is 40.7 Å². The molecule has 23 heavy (non-hydrogen) atoms. The van der Waals surface area contributed by atoms with Gasteiger partial charge in [-0.3, -0.25) is 4.79 Å². The van der Waals surface area contributed by atoms with Crippen LogP contribution in [0.3, 0.4) is 0 Å². The first kappa shape index (κ1) is 15.3. The van der Waals surface area contributed by atoms with E-state index in [9.17, 15) is 9.59 Å². The number of aromatic carboxylic acids is 1. The average molecular weight is 309 g/mol. The van der Waals surface area contributed by atoms with E-state index in [0.29, 0.717) is 5.69 Å². The third kappa shape index (κ3) is 2.72. The number of carbonyl (C=O) groups is 2. The number of carboxylic acid groups (broad SMARTS) is 1. The van der Waals surface area contributed by atoms with E-state index in [1.165, 1.54) is 6.07 Å². The van der Waals surface area contributed by atoms with Gasteiger partial charge >= 0.3 is 5.97 Å². The monoisotopic (exact) mass is 309 g/mol. The third-order valence-corrected chi connectivity index (χ3v) is 4.70. The second-order valence-electron chi connectivity index (χ2n) is 6.09. The maximum Gasteiger partial charge on any atom is 0.335 e. The van der Waals surface area contributed by atoms with Gasteiger partial charge in [-0.15, -0.1) is 0 Å². The second-order valence-corrected chi connectivity index (χ2v) is 6.09. The lowest BCUT2D eigenvalue weighted by atomic mass is 9.64. The zero-order valence-electron chi connectivity index (χ0n) is 13.0. The standard InChI is InChI=1S/C19H19NO3/c1-13-8-9-14(17(21)22)12-16(13)20-18(23)19(10-5-11-19)15-6-3-2-4-7-15/h2-4,6-9,12H,5,10-11H2,1H3,(H,20,23)(H,21,22). The summed E-state index contributed by atoms with van der Waals surface area (Å²) in [5.41, 5.74) is 2.12. The van der Waals surface area contributed by atoms with Crippen molar-refractivity contribution >= 4 is 17.6 Å². The summed E-state index contributed by atoms with van der Waals surface area (Å²) in [6, 6.07) is 14.6. The highest BCUT2D eigenvalue weighted by molar-refractivity contribution is 6.01. The number of carboxylic acids is 1. The van der Waals surface area contributed by atoms with Gasteiger partial charge in [-0.25, -0.2) is 4.79 Å². The van der Waals surface area contributed by atoms with Crippen LogP contribution in [0.4, 0.5) is 5.69 Å². The molecule has 118 valence electrons. The van der Waals surface area contributed by atoms with Gasteiger partial charge in [0.15, 0.2) is 0 Å². The molecule has 2 N–H and O–H groups in total. The Labute approximate surface area is 135 Å². The molecule has 2 aromatic rings. The molecule has 2 aromatic carbocycles. The van der Waals surface area contributed by atoms with Crippen molar-refractivity contribution in [1.29, 1.82) is 0 Å². The van der Waals surface area contributed by atoms with Crippen molar-refractivity contribution in [2.24, 2.45) is 0 Å². The maximum atomic E-state index is 12.9. The van der Waals surface area contributed by atoms with Crippen LogP contribution in [0, 0.1) is 6.92 Å². The SMILES string of the molecule is Cc1ccc(C(=O)O)cc1NC(=O)C1(c2ccccc2)CCC1. The van der Waals surface area contributed by atoms with Crippen LogP contribution in [0.5, 0.6) is 0 Å². The smallest absolute Gasteiger partial charge is 0.335 e. The molecule has 4 nitrogen and oxygen atoms in total. The van der Waals surface area contributed by atoms with Crippen LogP contribution in [0.2, 0.25) is 0 Å². The first-order chi connectivity index (χ1) is 11.0. The molecule has 0 aliphatic heterocycles. The van der Waals surface area contributed by atoms with Gasteiger partial charge in [-0.1, -0.05) is 42.8 Å². The van der Waals surface area contributed by atoms with Crippen molar-refractivity contribution in [1.82, 2.24) is 0 Å². The van der Waals surface area contributed by atoms with Gasteiger partial charge in [0.2, 0.25) is 5.91 Å². The number of aryl methyl sites for hydroxylation is 1. The zero-order valence-corrected chi connectivity index (χ0v) is 13.0. The van der Waals surface area contributed by atoms with E-state index >= 15 is 0 Å². The van der Waals surface area contributed by atoms with Crippen molar-refractivity contribution in [3.05, 3.63) is 65.2 Å². The fourth-order valence-electron chi connectivity index (χ4n) is 3.07. The molecule has 0 spiro atoms. The van der Waals surface area contributed by atoms with Crippen LogP contribution >= 0.6 is 0 Å². The summed E-state index contributed by atoms with van der Waals surface area (Å²) in [6.45, 7) is 1.86. The molecule has 1 amide bonds. The lowest BCUT2D eigenvalue weighted by Gasteiger charge is -2.40. The first-order valence-corrected chi connectivity index (χ1v) is 7.74. The van der Waals surface area contributed by atoms with Crippen molar-refractivity contribution in [2.75, 3.05) is 5.32 Å². The number of nitrogens with one attached hydrogen (secondary N) is 1. The van der Waals surface area contributed by atoms with Gasteiger partial charge in [-0.05, 0) is 43.0 Å². The van der Waals surface area contributed by atoms with Gasteiger partial charge in [0.1, 0.15) is 0 Å². The number of rotatable bonds is 4. The zero-order chi connectivity index (χ0) is 16.4. The van der Waals surface area contributed by atoms with E-state index in [-0.39, 0.29) is 11.5 Å². The van der Waals surface area contributed by atoms with Crippen molar-refractivity contribution < 1.29 is 14.7 Å². The van der Waals surface area contributed by atoms with Gasteiger partial charge in [-0.2, -0.15) is 0 Å². The van der Waals surface area contributed by atoms with E-state index in [2.05, 4.69) is 5.32 Å². The molecule has 0 bridgehead atoms. The molecule has 0 unspecified atom stereocenters. The molecule has 1 aliphatic carbocycles. The highest BCUT2D eigenvalue weighted by atomic mass is 16.4. The number of hydrogen-bond acceptors (Lipinski definition) is 2. The van der Waals surface area contributed by atoms with Crippen LogP contribution < -0.4 is 5.32 Å². The summed E-state index contributed by atoms with van der Waals surface area (Å²) >= 11 is 0. The summed E-state index contributed by atoms with van der Waals surface area (Å²) in [5, 5.41) is 12.1. The molecule has 0 heterocycles. The number of amides is 1. The quantitative estimate of drug-likeness (QED) is 0.904. The fourth-order valence-corrected chi connectivity index (χ4v) is 3.07. The van der Waals surface area contributed by atoms with Gasteiger partial charge < -0.3 is 10.4 Å². The van der Waals surface area contributed by atoms with E-state index in [4.69, 9.17) is 5.11 Å². The lowest BCUT2D eigenvalue weighted by Crippen LogP contribution is -2.46. The average Bonchev–Trinajstić information content (AvgIpc) is 2.49. The van der Waals surface area contributed by atoms with Crippen LogP contribution in [0.15, 0.2) is 48.5 Å². The molecule has 1 fully saturated rings. The van der Waals surface area contributed by atoms with Gasteiger partial charge in [0, 0.05) is 5.69 Å². The Kier molecular flexibility index (Phi) is 3.90. The Balaban J connectivity index is 1.89. The van der Waals surface area contributed by atoms with Gasteiger partial charge in [0.25, 0.3) is 0 Å². The molecule has 1 aliphatic rings. The van der Waals surface area contributed by atoms with E-state index in [0.717, 1.165) is 30.4 Å². The predicted molar refractivity (Wildman–Crippen MR) is 88.7 cm³/mol. The molecule has 0 saturated heterocycles. The van der Waals surface area contributed by atoms with Gasteiger partial charge in [0.05, 0.1) is 11.0 Å². The normalized spacial score (nSPS) is 15.5. The first-order valence-electron chi connectivity index (χ1n) is 7.74. The highest BCUT2D eigenvalue weighted by Gasteiger charge is 2.45. The predicted octanol–water partition coefficient (Wildman–Crippen LogP) is 3.75. The van der Waals surface area contributed by atoms with E-state index in [1.807, 2.05) is 37.3 Å². The summed E-state index contributed by atoms with van der Waals surface area (Å²) in [6.07, 6.45) is 2.66. The van der Waals surface area contributed by atoms with E-state index < -0.39 is 11.4 Å². The van der Waals surface area contributed by atoms with Crippen molar-refractivity contribution in [3.63, 3.8) is 0 Å². The van der Waals surface area contributed by atoms with Crippen LogP contribution in [0.25, 0.3) is 0 Å². The summed E-state index contributed by atoms with van der Waals surface area (Å²) < 4.78 is 0. The molecule has 3 rings (SSSR count). The molecular weight excluding hydrogens is 290 g/mol. The minimum Gasteiger partial charge on any atom is -0.478 e. The van der Waals surface area contributed by atoms with Crippen LogP contribution in [-0.4, -0.2) is 17.0 Å². The van der Waals surface area contributed by atoms with E-state index in [1.54, 1.807) is 12.1 Å². The largest absolute Gasteiger partial charge is 0.478 e. The van der Waals surface area contributed by atoms with Crippen molar-refractivity contribution in [2.45, 2.75) is 31.6 Å². The second kappa shape index (κ2) is 5.88. The topological polar surface area (TPSA) is 66.4 Å². The number of benzene rings is 2. The maximum absolute atomic E-state index is 12.9. The summed E-state index contributed by atoms with van der Waals surface area (Å²) in [7, 11) is 0. The molecule has 0 atom stereocenters.